The van der Waals surface area contributed by atoms with Gasteiger partial charge in [-0.2, -0.15) is 22.0 Å². The first-order valence-electron chi connectivity index (χ1n) is 6.35. The van der Waals surface area contributed by atoms with Crippen molar-refractivity contribution in [1.82, 2.24) is 4.90 Å². The maximum Gasteiger partial charge on any atom is 0.463 e. The highest BCUT2D eigenvalue weighted by atomic mass is 32.2. The number of hydrogen-bond donors (Lipinski definition) is 0. The molecule has 0 heterocycles. The molecule has 0 radical (unpaired) electrons. The van der Waals surface area contributed by atoms with Gasteiger partial charge < -0.3 is 4.90 Å². The number of likely N-dealkylation sites (N-methyl/N-ethyl adjacent to an activating group) is 1. The van der Waals surface area contributed by atoms with Crippen LogP contribution in [0.15, 0.2) is 29.2 Å². The number of rotatable bonds is 5. The van der Waals surface area contributed by atoms with Gasteiger partial charge in [0.25, 0.3) is 0 Å². The second-order valence-electron chi connectivity index (χ2n) is 4.89. The zero-order chi connectivity index (χ0) is 17.1. The molecule has 0 saturated carbocycles. The van der Waals surface area contributed by atoms with Crippen LogP contribution in [0.5, 0.6) is 0 Å². The topological polar surface area (TPSA) is 20.3 Å². The lowest BCUT2D eigenvalue weighted by atomic mass is 10.1. The Hall–Kier alpha value is -1.31. The molecule has 0 aliphatic carbocycles. The summed E-state index contributed by atoms with van der Waals surface area (Å²) >= 11 is 1.52. The molecule has 0 saturated heterocycles. The van der Waals surface area contributed by atoms with Crippen LogP contribution in [0.3, 0.4) is 0 Å². The first-order chi connectivity index (χ1) is 10.0. The van der Waals surface area contributed by atoms with Crippen LogP contribution in [0.4, 0.5) is 22.0 Å². The van der Waals surface area contributed by atoms with Gasteiger partial charge in [-0.1, -0.05) is 12.1 Å². The highest BCUT2D eigenvalue weighted by molar-refractivity contribution is 7.98. The molecule has 22 heavy (non-hydrogen) atoms. The van der Waals surface area contributed by atoms with Crippen LogP contribution in [0.25, 0.3) is 0 Å². The zero-order valence-corrected chi connectivity index (χ0v) is 13.1. The van der Waals surface area contributed by atoms with Crippen LogP contribution in [0, 0.1) is 0 Å². The summed E-state index contributed by atoms with van der Waals surface area (Å²) in [7, 11) is 0.947. The minimum Gasteiger partial charge on any atom is -0.337 e. The van der Waals surface area contributed by atoms with Crippen molar-refractivity contribution in [2.45, 2.75) is 36.4 Å². The standard InChI is InChI=1S/C14H16F5NOS/c1-9(8-10-4-6-11(22-3)7-5-10)20(2)12(21)13(15,16)14(17,18)19/h4-7,9H,8H2,1-3H3. The summed E-state index contributed by atoms with van der Waals surface area (Å²) < 4.78 is 62.8. The molecule has 0 N–H and O–H groups in total. The number of hydrogen-bond acceptors (Lipinski definition) is 2. The summed E-state index contributed by atoms with van der Waals surface area (Å²) in [6.45, 7) is 1.42. The largest absolute Gasteiger partial charge is 0.463 e. The van der Waals surface area contributed by atoms with E-state index in [1.807, 2.05) is 18.4 Å². The molecule has 0 aliphatic heterocycles. The van der Waals surface area contributed by atoms with Gasteiger partial charge >= 0.3 is 18.0 Å². The van der Waals surface area contributed by atoms with Crippen molar-refractivity contribution >= 4 is 17.7 Å². The number of nitrogens with zero attached hydrogens (tertiary/aromatic N) is 1. The van der Waals surface area contributed by atoms with Gasteiger partial charge in [-0.15, -0.1) is 11.8 Å². The quantitative estimate of drug-likeness (QED) is 0.596. The summed E-state index contributed by atoms with van der Waals surface area (Å²) in [6, 6.07) is 6.35. The second-order valence-corrected chi connectivity index (χ2v) is 5.77. The molecule has 0 spiro atoms. The molecule has 1 atom stereocenters. The summed E-state index contributed by atoms with van der Waals surface area (Å²) in [5.74, 6) is -7.62. The Morgan fingerprint density at radius 2 is 1.68 bits per heavy atom. The molecule has 1 rings (SSSR count). The third-order valence-electron chi connectivity index (χ3n) is 3.30. The third kappa shape index (κ3) is 4.12. The average Bonchev–Trinajstić information content (AvgIpc) is 2.45. The van der Waals surface area contributed by atoms with Crippen molar-refractivity contribution in [3.63, 3.8) is 0 Å². The van der Waals surface area contributed by atoms with E-state index in [-0.39, 0.29) is 6.42 Å². The van der Waals surface area contributed by atoms with Crippen LogP contribution < -0.4 is 0 Å². The maximum absolute atomic E-state index is 13.1. The van der Waals surface area contributed by atoms with E-state index in [9.17, 15) is 26.7 Å². The Balaban J connectivity index is 2.79. The van der Waals surface area contributed by atoms with Crippen LogP contribution in [-0.2, 0) is 11.2 Å². The minimum atomic E-state index is -5.89. The summed E-state index contributed by atoms with van der Waals surface area (Å²) in [6.07, 6.45) is -3.81. The highest BCUT2D eigenvalue weighted by Gasteiger charge is 2.64. The van der Waals surface area contributed by atoms with Gasteiger partial charge in [0.05, 0.1) is 0 Å². The Morgan fingerprint density at radius 3 is 2.09 bits per heavy atom. The van der Waals surface area contributed by atoms with E-state index in [0.29, 0.717) is 4.90 Å². The molecule has 124 valence electrons. The molecule has 0 aliphatic rings. The Kier molecular flexibility index (Phi) is 5.83. The molecule has 1 aromatic carbocycles. The number of alkyl halides is 5. The van der Waals surface area contributed by atoms with E-state index in [0.717, 1.165) is 17.5 Å². The fraction of sp³-hybridized carbons (Fsp3) is 0.500. The molecule has 1 unspecified atom stereocenters. The van der Waals surface area contributed by atoms with Gasteiger partial charge in [0.1, 0.15) is 0 Å². The summed E-state index contributed by atoms with van der Waals surface area (Å²) in [4.78, 5) is 12.8. The van der Waals surface area contributed by atoms with Crippen LogP contribution in [-0.4, -0.2) is 42.3 Å². The van der Waals surface area contributed by atoms with Crippen molar-refractivity contribution in [1.29, 1.82) is 0 Å². The summed E-state index contributed by atoms with van der Waals surface area (Å²) in [5.41, 5.74) is 0.750. The minimum absolute atomic E-state index is 0.185. The Labute approximate surface area is 129 Å². The fourth-order valence-corrected chi connectivity index (χ4v) is 2.19. The summed E-state index contributed by atoms with van der Waals surface area (Å²) in [5, 5.41) is 0. The van der Waals surface area contributed by atoms with Crippen LogP contribution in [0.2, 0.25) is 0 Å². The molecule has 1 amide bonds. The second kappa shape index (κ2) is 6.85. The van der Waals surface area contributed by atoms with Gasteiger partial charge in [-0.05, 0) is 37.3 Å². The van der Waals surface area contributed by atoms with Gasteiger partial charge in [0, 0.05) is 18.0 Å². The van der Waals surface area contributed by atoms with E-state index in [1.165, 1.54) is 18.7 Å². The first kappa shape index (κ1) is 18.7. The number of thioether (sulfide) groups is 1. The molecular formula is C14H16F5NOS. The molecule has 0 aromatic heterocycles. The van der Waals surface area contributed by atoms with E-state index < -0.39 is 24.0 Å². The SMILES string of the molecule is CSc1ccc(CC(C)N(C)C(=O)C(F)(F)C(F)(F)F)cc1. The average molecular weight is 341 g/mol. The van der Waals surface area contributed by atoms with Crippen molar-refractivity contribution in [3.8, 4) is 0 Å². The lowest BCUT2D eigenvalue weighted by molar-refractivity contribution is -0.274. The van der Waals surface area contributed by atoms with Gasteiger partial charge in [-0.25, -0.2) is 0 Å². The highest BCUT2D eigenvalue weighted by Crippen LogP contribution is 2.37. The third-order valence-corrected chi connectivity index (χ3v) is 4.04. The molecule has 0 bridgehead atoms. The molecule has 1 aromatic rings. The van der Waals surface area contributed by atoms with Crippen LogP contribution in [0.1, 0.15) is 12.5 Å². The smallest absolute Gasteiger partial charge is 0.337 e. The molecule has 0 fully saturated rings. The molecule has 8 heteroatoms. The first-order valence-corrected chi connectivity index (χ1v) is 7.58. The number of carbonyl (C=O) groups excluding carboxylic acids is 1. The lowest BCUT2D eigenvalue weighted by Crippen LogP contribution is -2.53. The van der Waals surface area contributed by atoms with Crippen molar-refractivity contribution in [3.05, 3.63) is 29.8 Å². The predicted molar refractivity (Wildman–Crippen MR) is 75.2 cm³/mol. The Morgan fingerprint density at radius 1 is 1.18 bits per heavy atom. The van der Waals surface area contributed by atoms with E-state index >= 15 is 0 Å². The molecular weight excluding hydrogens is 325 g/mol. The van der Waals surface area contributed by atoms with Gasteiger partial charge in [0.2, 0.25) is 0 Å². The van der Waals surface area contributed by atoms with Gasteiger partial charge in [0.15, 0.2) is 0 Å². The number of halogens is 5. The number of amides is 1. The normalized spacial score (nSPS) is 13.8. The number of benzene rings is 1. The van der Waals surface area contributed by atoms with E-state index in [1.54, 1.807) is 12.1 Å². The monoisotopic (exact) mass is 341 g/mol. The van der Waals surface area contributed by atoms with Crippen molar-refractivity contribution < 1.29 is 26.7 Å². The van der Waals surface area contributed by atoms with Crippen molar-refractivity contribution in [2.24, 2.45) is 0 Å². The van der Waals surface area contributed by atoms with Crippen LogP contribution >= 0.6 is 11.8 Å². The zero-order valence-electron chi connectivity index (χ0n) is 12.2. The van der Waals surface area contributed by atoms with E-state index in [2.05, 4.69) is 0 Å². The molecule has 2 nitrogen and oxygen atoms in total. The van der Waals surface area contributed by atoms with Gasteiger partial charge in [-0.3, -0.25) is 4.79 Å². The predicted octanol–water partition coefficient (Wildman–Crippen LogP) is 4.00. The lowest BCUT2D eigenvalue weighted by Gasteiger charge is -2.29. The fourth-order valence-electron chi connectivity index (χ4n) is 1.78. The van der Waals surface area contributed by atoms with Crippen molar-refractivity contribution in [2.75, 3.05) is 13.3 Å². The maximum atomic E-state index is 13.1. The number of carbonyl (C=O) groups is 1. The van der Waals surface area contributed by atoms with E-state index in [4.69, 9.17) is 0 Å². The Bertz CT molecular complexity index is 515.